The zero-order valence-electron chi connectivity index (χ0n) is 9.09. The zero-order valence-corrected chi connectivity index (χ0v) is 9.09. The Kier molecular flexibility index (Phi) is 1.25. The fourth-order valence-corrected chi connectivity index (χ4v) is 3.43. The van der Waals surface area contributed by atoms with E-state index in [9.17, 15) is 4.79 Å². The van der Waals surface area contributed by atoms with Crippen LogP contribution >= 0.6 is 0 Å². The molecule has 2 aliphatic carbocycles. The average molecular weight is 206 g/mol. The van der Waals surface area contributed by atoms with Crippen molar-refractivity contribution >= 4 is 5.97 Å². The number of aromatic nitrogens is 2. The summed E-state index contributed by atoms with van der Waals surface area (Å²) in [6.07, 6.45) is 0.858. The van der Waals surface area contributed by atoms with Crippen LogP contribution in [-0.2, 0) is 11.8 Å². The van der Waals surface area contributed by atoms with Gasteiger partial charge in [-0.25, -0.2) is 4.79 Å². The van der Waals surface area contributed by atoms with E-state index >= 15 is 0 Å². The quantitative estimate of drug-likeness (QED) is 0.733. The van der Waals surface area contributed by atoms with Crippen molar-refractivity contribution in [1.82, 2.24) is 10.2 Å². The summed E-state index contributed by atoms with van der Waals surface area (Å²) in [6.45, 7) is 6.68. The number of nitrogens with one attached hydrogen (secondary N) is 1. The van der Waals surface area contributed by atoms with Crippen molar-refractivity contribution in [2.24, 2.45) is 11.3 Å². The van der Waals surface area contributed by atoms with Gasteiger partial charge in [0.15, 0.2) is 5.69 Å². The molecule has 15 heavy (non-hydrogen) atoms. The highest BCUT2D eigenvalue weighted by molar-refractivity contribution is 5.88. The monoisotopic (exact) mass is 206 g/mol. The van der Waals surface area contributed by atoms with E-state index in [1.165, 1.54) is 0 Å². The maximum absolute atomic E-state index is 10.9. The third-order valence-corrected chi connectivity index (χ3v) is 4.82. The summed E-state index contributed by atoms with van der Waals surface area (Å²) >= 11 is 0. The smallest absolute Gasteiger partial charge is 0.356 e. The van der Waals surface area contributed by atoms with Gasteiger partial charge in [0.2, 0.25) is 0 Å². The number of hydrogen-bond acceptors (Lipinski definition) is 2. The summed E-state index contributed by atoms with van der Waals surface area (Å²) < 4.78 is 0. The molecule has 4 nitrogen and oxygen atoms in total. The van der Waals surface area contributed by atoms with Gasteiger partial charge >= 0.3 is 5.97 Å². The van der Waals surface area contributed by atoms with Crippen LogP contribution in [0.4, 0.5) is 0 Å². The number of rotatable bonds is 1. The average Bonchev–Trinajstić information content (AvgIpc) is 2.57. The van der Waals surface area contributed by atoms with Crippen molar-refractivity contribution in [1.29, 1.82) is 0 Å². The van der Waals surface area contributed by atoms with Crippen molar-refractivity contribution in [3.8, 4) is 0 Å². The highest BCUT2D eigenvalue weighted by Gasteiger charge is 2.73. The van der Waals surface area contributed by atoms with Gasteiger partial charge in [-0.15, -0.1) is 0 Å². The SMILES string of the molecule is CC1(C)[C@H]2Cc3c(C(=O)O)n[nH]c3[C@]21C. The maximum Gasteiger partial charge on any atom is 0.356 e. The van der Waals surface area contributed by atoms with Crippen LogP contribution in [-0.4, -0.2) is 21.3 Å². The van der Waals surface area contributed by atoms with Gasteiger partial charge in [-0.05, 0) is 17.8 Å². The predicted molar refractivity (Wildman–Crippen MR) is 53.9 cm³/mol. The topological polar surface area (TPSA) is 66.0 Å². The third kappa shape index (κ3) is 0.724. The Balaban J connectivity index is 2.14. The molecule has 0 aliphatic heterocycles. The fourth-order valence-electron chi connectivity index (χ4n) is 3.43. The molecule has 0 amide bonds. The van der Waals surface area contributed by atoms with Crippen LogP contribution in [0.5, 0.6) is 0 Å². The minimum absolute atomic E-state index is 0.114. The number of nitrogens with zero attached hydrogens (tertiary/aromatic N) is 1. The fraction of sp³-hybridized carbons (Fsp3) is 0.636. The van der Waals surface area contributed by atoms with Gasteiger partial charge in [0.1, 0.15) is 0 Å². The molecule has 0 radical (unpaired) electrons. The molecule has 2 aliphatic rings. The molecule has 0 saturated heterocycles. The molecular formula is C11H14N2O2. The van der Waals surface area contributed by atoms with Crippen molar-refractivity contribution in [2.75, 3.05) is 0 Å². The molecule has 2 atom stereocenters. The second kappa shape index (κ2) is 2.10. The molecule has 1 heterocycles. The van der Waals surface area contributed by atoms with Crippen molar-refractivity contribution < 1.29 is 9.90 Å². The third-order valence-electron chi connectivity index (χ3n) is 4.82. The first-order chi connectivity index (χ1) is 6.90. The van der Waals surface area contributed by atoms with Gasteiger partial charge in [-0.3, -0.25) is 5.10 Å². The lowest BCUT2D eigenvalue weighted by molar-refractivity contribution is 0.0689. The van der Waals surface area contributed by atoms with Crippen LogP contribution < -0.4 is 0 Å². The summed E-state index contributed by atoms with van der Waals surface area (Å²) in [5.74, 6) is -0.345. The highest BCUT2D eigenvalue weighted by Crippen LogP contribution is 2.74. The molecule has 80 valence electrons. The molecule has 1 aromatic heterocycles. The van der Waals surface area contributed by atoms with Crippen LogP contribution in [0, 0.1) is 11.3 Å². The molecule has 3 rings (SSSR count). The van der Waals surface area contributed by atoms with E-state index in [1.807, 2.05) is 0 Å². The number of carboxylic acids is 1. The maximum atomic E-state index is 10.9. The zero-order chi connectivity index (χ0) is 11.0. The van der Waals surface area contributed by atoms with Gasteiger partial charge in [0.05, 0.1) is 0 Å². The van der Waals surface area contributed by atoms with Crippen LogP contribution in [0.15, 0.2) is 0 Å². The Morgan fingerprint density at radius 1 is 1.53 bits per heavy atom. The summed E-state index contributed by atoms with van der Waals surface area (Å²) in [5, 5.41) is 15.8. The van der Waals surface area contributed by atoms with E-state index in [1.54, 1.807) is 0 Å². The minimum Gasteiger partial charge on any atom is -0.476 e. The lowest BCUT2D eigenvalue weighted by atomic mass is 9.91. The van der Waals surface area contributed by atoms with Crippen LogP contribution in [0.25, 0.3) is 0 Å². The molecule has 1 fully saturated rings. The molecule has 0 unspecified atom stereocenters. The Morgan fingerprint density at radius 3 is 2.80 bits per heavy atom. The first-order valence-corrected chi connectivity index (χ1v) is 5.21. The molecule has 1 aromatic rings. The van der Waals surface area contributed by atoms with Gasteiger partial charge in [-0.1, -0.05) is 20.8 Å². The highest BCUT2D eigenvalue weighted by atomic mass is 16.4. The van der Waals surface area contributed by atoms with Crippen molar-refractivity contribution in [3.05, 3.63) is 17.0 Å². The lowest BCUT2D eigenvalue weighted by Gasteiger charge is -2.13. The number of aromatic carboxylic acids is 1. The van der Waals surface area contributed by atoms with Crippen molar-refractivity contribution in [3.63, 3.8) is 0 Å². The predicted octanol–water partition coefficient (Wildman–Crippen LogP) is 1.58. The summed E-state index contributed by atoms with van der Waals surface area (Å²) in [4.78, 5) is 10.9. The first-order valence-electron chi connectivity index (χ1n) is 5.21. The molecule has 2 N–H and O–H groups in total. The Hall–Kier alpha value is -1.32. The largest absolute Gasteiger partial charge is 0.476 e. The minimum atomic E-state index is -0.921. The van der Waals surface area contributed by atoms with E-state index in [4.69, 9.17) is 5.11 Å². The second-order valence-electron chi connectivity index (χ2n) is 5.41. The Labute approximate surface area is 87.7 Å². The van der Waals surface area contributed by atoms with Gasteiger partial charge < -0.3 is 5.11 Å². The van der Waals surface area contributed by atoms with E-state index in [2.05, 4.69) is 31.0 Å². The van der Waals surface area contributed by atoms with E-state index in [-0.39, 0.29) is 16.5 Å². The van der Waals surface area contributed by atoms with E-state index in [0.29, 0.717) is 5.92 Å². The Bertz CT molecular complexity index is 475. The summed E-state index contributed by atoms with van der Waals surface area (Å²) in [5.41, 5.74) is 2.59. The number of carboxylic acid groups (broad SMARTS) is 1. The van der Waals surface area contributed by atoms with Gasteiger partial charge in [-0.2, -0.15) is 5.10 Å². The number of fused-ring (bicyclic) bond motifs is 3. The second-order valence-corrected chi connectivity index (χ2v) is 5.41. The first kappa shape index (κ1) is 8.95. The van der Waals surface area contributed by atoms with Gasteiger partial charge in [0.25, 0.3) is 0 Å². The number of carbonyl (C=O) groups is 1. The van der Waals surface area contributed by atoms with E-state index < -0.39 is 5.97 Å². The molecule has 1 saturated carbocycles. The molecule has 0 aromatic carbocycles. The van der Waals surface area contributed by atoms with Crippen LogP contribution in [0.3, 0.4) is 0 Å². The standard InChI is InChI=1S/C11H14N2O2/c1-10(2)6-4-5-7(9(14)15)12-13-8(5)11(6,10)3/h6H,4H2,1-3H3,(H,12,13)(H,14,15)/t6-,11+/m1/s1. The molecule has 4 heteroatoms. The van der Waals surface area contributed by atoms with E-state index in [0.717, 1.165) is 17.7 Å². The lowest BCUT2D eigenvalue weighted by Crippen LogP contribution is -2.11. The van der Waals surface area contributed by atoms with Crippen LogP contribution in [0.1, 0.15) is 42.5 Å². The molecular weight excluding hydrogens is 192 g/mol. The number of hydrogen-bond donors (Lipinski definition) is 2. The summed E-state index contributed by atoms with van der Waals surface area (Å²) in [6, 6.07) is 0. The normalized spacial score (nSPS) is 34.7. The summed E-state index contributed by atoms with van der Waals surface area (Å²) in [7, 11) is 0. The number of H-pyrrole nitrogens is 1. The molecule has 0 bridgehead atoms. The van der Waals surface area contributed by atoms with Crippen molar-refractivity contribution in [2.45, 2.75) is 32.6 Å². The Morgan fingerprint density at radius 2 is 2.20 bits per heavy atom. The molecule has 0 spiro atoms. The van der Waals surface area contributed by atoms with Gasteiger partial charge in [0, 0.05) is 16.7 Å². The number of aromatic amines is 1. The van der Waals surface area contributed by atoms with Crippen LogP contribution in [0.2, 0.25) is 0 Å².